The van der Waals surface area contributed by atoms with Crippen LogP contribution < -0.4 is 4.74 Å². The minimum absolute atomic E-state index is 0.0605. The average Bonchev–Trinajstić information content (AvgIpc) is 2.54. The van der Waals surface area contributed by atoms with Crippen LogP contribution in [0.3, 0.4) is 0 Å². The van der Waals surface area contributed by atoms with Crippen molar-refractivity contribution in [2.75, 3.05) is 13.1 Å². The molecular formula is C17H22N2O3. The molecule has 3 unspecified atom stereocenters. The first-order chi connectivity index (χ1) is 10.5. The van der Waals surface area contributed by atoms with Gasteiger partial charge >= 0.3 is 0 Å². The molecule has 1 aliphatic heterocycles. The Morgan fingerprint density at radius 3 is 2.68 bits per heavy atom. The van der Waals surface area contributed by atoms with E-state index in [4.69, 9.17) is 10.00 Å². The molecule has 118 valence electrons. The van der Waals surface area contributed by atoms with Gasteiger partial charge in [-0.15, -0.1) is 0 Å². The summed E-state index contributed by atoms with van der Waals surface area (Å²) >= 11 is 0. The lowest BCUT2D eigenvalue weighted by molar-refractivity contribution is -0.140. The summed E-state index contributed by atoms with van der Waals surface area (Å²) in [6.45, 7) is 4.79. The van der Waals surface area contributed by atoms with Gasteiger partial charge in [0.2, 0.25) is 0 Å². The molecule has 3 atom stereocenters. The smallest absolute Gasteiger partial charge is 0.263 e. The Hall–Kier alpha value is -2.06. The number of carbonyl (C=O) groups is 1. The predicted octanol–water partition coefficient (Wildman–Crippen LogP) is 1.94. The summed E-state index contributed by atoms with van der Waals surface area (Å²) in [4.78, 5) is 14.2. The predicted molar refractivity (Wildman–Crippen MR) is 82.2 cm³/mol. The van der Waals surface area contributed by atoms with Gasteiger partial charge in [-0.1, -0.05) is 0 Å². The quantitative estimate of drug-likeness (QED) is 0.922. The maximum Gasteiger partial charge on any atom is 0.263 e. The van der Waals surface area contributed by atoms with Gasteiger partial charge in [0.25, 0.3) is 5.91 Å². The number of nitrogens with zero attached hydrogens (tertiary/aromatic N) is 2. The van der Waals surface area contributed by atoms with Crippen molar-refractivity contribution in [1.82, 2.24) is 4.90 Å². The highest BCUT2D eigenvalue weighted by Gasteiger charge is 2.29. The van der Waals surface area contributed by atoms with Crippen LogP contribution in [-0.4, -0.2) is 41.2 Å². The molecular weight excluding hydrogens is 280 g/mol. The van der Waals surface area contributed by atoms with E-state index in [0.717, 1.165) is 12.8 Å². The Labute approximate surface area is 131 Å². The summed E-state index contributed by atoms with van der Waals surface area (Å²) in [7, 11) is 0. The lowest BCUT2D eigenvalue weighted by Gasteiger charge is -2.35. The summed E-state index contributed by atoms with van der Waals surface area (Å²) in [5.74, 6) is 0.651. The van der Waals surface area contributed by atoms with Crippen LogP contribution >= 0.6 is 0 Å². The van der Waals surface area contributed by atoms with Crippen molar-refractivity contribution in [1.29, 1.82) is 5.26 Å². The van der Waals surface area contributed by atoms with E-state index in [0.29, 0.717) is 24.4 Å². The molecule has 1 aromatic rings. The van der Waals surface area contributed by atoms with Gasteiger partial charge in [0, 0.05) is 19.0 Å². The molecule has 1 amide bonds. The lowest BCUT2D eigenvalue weighted by atomic mass is 9.93. The molecule has 1 heterocycles. The van der Waals surface area contributed by atoms with Gasteiger partial charge in [0.1, 0.15) is 5.75 Å². The molecule has 5 nitrogen and oxygen atoms in total. The van der Waals surface area contributed by atoms with E-state index in [1.54, 1.807) is 43.0 Å². The zero-order valence-corrected chi connectivity index (χ0v) is 13.0. The van der Waals surface area contributed by atoms with Crippen molar-refractivity contribution < 1.29 is 14.6 Å². The van der Waals surface area contributed by atoms with Crippen molar-refractivity contribution in [3.63, 3.8) is 0 Å². The van der Waals surface area contributed by atoms with Gasteiger partial charge in [0.15, 0.2) is 6.10 Å². The van der Waals surface area contributed by atoms with Crippen molar-refractivity contribution >= 4 is 5.91 Å². The van der Waals surface area contributed by atoms with Gasteiger partial charge in [-0.2, -0.15) is 5.26 Å². The highest BCUT2D eigenvalue weighted by molar-refractivity contribution is 5.81. The fourth-order valence-electron chi connectivity index (χ4n) is 2.72. The molecule has 5 heteroatoms. The third-order valence-electron chi connectivity index (χ3n) is 4.10. The van der Waals surface area contributed by atoms with Crippen LogP contribution in [0.25, 0.3) is 0 Å². The summed E-state index contributed by atoms with van der Waals surface area (Å²) in [6, 6.07) is 8.75. The second kappa shape index (κ2) is 7.28. The highest BCUT2D eigenvalue weighted by Crippen LogP contribution is 2.21. The second-order valence-corrected chi connectivity index (χ2v) is 5.82. The third kappa shape index (κ3) is 3.99. The number of benzene rings is 1. The first kappa shape index (κ1) is 16.3. The summed E-state index contributed by atoms with van der Waals surface area (Å²) in [5, 5.41) is 18.5. The van der Waals surface area contributed by atoms with Crippen LogP contribution in [0.5, 0.6) is 5.75 Å². The molecule has 1 saturated heterocycles. The standard InChI is InChI=1S/C17H22N2O3/c1-12(20)15-4-3-9-19(11-15)17(21)13(2)22-16-7-5-14(10-18)6-8-16/h5-8,12-13,15,20H,3-4,9,11H2,1-2H3. The van der Waals surface area contributed by atoms with E-state index < -0.39 is 12.2 Å². The molecule has 1 N–H and O–H groups in total. The Kier molecular flexibility index (Phi) is 5.40. The number of ether oxygens (including phenoxy) is 1. The maximum absolute atomic E-state index is 12.5. The summed E-state index contributed by atoms with van der Waals surface area (Å²) in [6.07, 6.45) is 0.878. The molecule has 22 heavy (non-hydrogen) atoms. The van der Waals surface area contributed by atoms with Gasteiger partial charge in [-0.05, 0) is 51.0 Å². The topological polar surface area (TPSA) is 73.6 Å². The van der Waals surface area contributed by atoms with Crippen LogP contribution in [0.15, 0.2) is 24.3 Å². The van der Waals surface area contributed by atoms with Crippen molar-refractivity contribution in [3.05, 3.63) is 29.8 Å². The monoisotopic (exact) mass is 302 g/mol. The minimum Gasteiger partial charge on any atom is -0.481 e. The number of likely N-dealkylation sites (tertiary alicyclic amines) is 1. The van der Waals surface area contributed by atoms with Gasteiger partial charge in [-0.25, -0.2) is 0 Å². The van der Waals surface area contributed by atoms with E-state index in [1.807, 2.05) is 6.07 Å². The Morgan fingerprint density at radius 2 is 2.09 bits per heavy atom. The van der Waals surface area contributed by atoms with E-state index >= 15 is 0 Å². The number of hydrogen-bond donors (Lipinski definition) is 1. The Morgan fingerprint density at radius 1 is 1.41 bits per heavy atom. The molecule has 0 bridgehead atoms. The number of carbonyl (C=O) groups excluding carboxylic acids is 1. The number of aliphatic hydroxyl groups is 1. The molecule has 0 radical (unpaired) electrons. The SMILES string of the molecule is CC(Oc1ccc(C#N)cc1)C(=O)N1CCCC(C(C)O)C1. The van der Waals surface area contributed by atoms with E-state index in [-0.39, 0.29) is 11.8 Å². The fraction of sp³-hybridized carbons (Fsp3) is 0.529. The molecule has 0 aliphatic carbocycles. The van der Waals surface area contributed by atoms with E-state index in [2.05, 4.69) is 0 Å². The fourth-order valence-corrected chi connectivity index (χ4v) is 2.72. The van der Waals surface area contributed by atoms with Gasteiger partial charge in [-0.3, -0.25) is 4.79 Å². The summed E-state index contributed by atoms with van der Waals surface area (Å²) in [5.41, 5.74) is 0.558. The number of hydrogen-bond acceptors (Lipinski definition) is 4. The largest absolute Gasteiger partial charge is 0.481 e. The Bertz CT molecular complexity index is 548. The van der Waals surface area contributed by atoms with Crippen LogP contribution in [0.4, 0.5) is 0 Å². The number of rotatable bonds is 4. The number of nitriles is 1. The van der Waals surface area contributed by atoms with Crippen molar-refractivity contribution in [2.24, 2.45) is 5.92 Å². The van der Waals surface area contributed by atoms with Crippen LogP contribution in [-0.2, 0) is 4.79 Å². The number of amides is 1. The van der Waals surface area contributed by atoms with Crippen LogP contribution in [0.1, 0.15) is 32.3 Å². The zero-order chi connectivity index (χ0) is 16.1. The lowest BCUT2D eigenvalue weighted by Crippen LogP contribution is -2.47. The van der Waals surface area contributed by atoms with Gasteiger partial charge in [0.05, 0.1) is 17.7 Å². The first-order valence-corrected chi connectivity index (χ1v) is 7.65. The van der Waals surface area contributed by atoms with E-state index in [9.17, 15) is 9.90 Å². The third-order valence-corrected chi connectivity index (χ3v) is 4.10. The maximum atomic E-state index is 12.5. The second-order valence-electron chi connectivity index (χ2n) is 5.82. The van der Waals surface area contributed by atoms with Crippen LogP contribution in [0.2, 0.25) is 0 Å². The molecule has 1 fully saturated rings. The highest BCUT2D eigenvalue weighted by atomic mass is 16.5. The zero-order valence-electron chi connectivity index (χ0n) is 13.0. The molecule has 0 aromatic heterocycles. The number of piperidine rings is 1. The molecule has 0 saturated carbocycles. The Balaban J connectivity index is 1.95. The van der Waals surface area contributed by atoms with E-state index in [1.165, 1.54) is 0 Å². The van der Waals surface area contributed by atoms with Crippen molar-refractivity contribution in [3.8, 4) is 11.8 Å². The normalized spacial score (nSPS) is 20.8. The first-order valence-electron chi connectivity index (χ1n) is 7.65. The molecule has 0 spiro atoms. The van der Waals surface area contributed by atoms with Crippen molar-refractivity contribution in [2.45, 2.75) is 38.9 Å². The van der Waals surface area contributed by atoms with Crippen LogP contribution in [0, 0.1) is 17.2 Å². The summed E-state index contributed by atoms with van der Waals surface area (Å²) < 4.78 is 5.66. The molecule has 1 aromatic carbocycles. The minimum atomic E-state index is -0.583. The average molecular weight is 302 g/mol. The number of aliphatic hydroxyl groups excluding tert-OH is 1. The van der Waals surface area contributed by atoms with Gasteiger partial charge < -0.3 is 14.7 Å². The molecule has 2 rings (SSSR count). The molecule has 1 aliphatic rings.